The number of hydrogen-bond donors (Lipinski definition) is 1. The third kappa shape index (κ3) is 5.54. The van der Waals surface area contributed by atoms with Crippen molar-refractivity contribution in [2.24, 2.45) is 7.05 Å². The van der Waals surface area contributed by atoms with Gasteiger partial charge in [-0.3, -0.25) is 4.79 Å². The maximum absolute atomic E-state index is 12.1. The number of carbonyl (C=O) groups is 1. The van der Waals surface area contributed by atoms with Gasteiger partial charge in [0.05, 0.1) is 30.7 Å². The van der Waals surface area contributed by atoms with Crippen LogP contribution in [0.5, 0.6) is 11.5 Å². The van der Waals surface area contributed by atoms with Gasteiger partial charge in [0.25, 0.3) is 0 Å². The number of rotatable bonds is 10. The number of aromatic nitrogens is 3. The van der Waals surface area contributed by atoms with Crippen molar-refractivity contribution in [3.05, 3.63) is 42.4 Å². The summed E-state index contributed by atoms with van der Waals surface area (Å²) in [7, 11) is 1.87. The summed E-state index contributed by atoms with van der Waals surface area (Å²) in [5.74, 6) is 3.19. The molecule has 0 spiro atoms. The average molecular weight is 417 g/mol. The van der Waals surface area contributed by atoms with Crippen LogP contribution in [0.2, 0.25) is 0 Å². The zero-order valence-corrected chi connectivity index (χ0v) is 17.5. The van der Waals surface area contributed by atoms with Gasteiger partial charge in [0.1, 0.15) is 23.9 Å². The lowest BCUT2D eigenvalue weighted by molar-refractivity contribution is -0.118. The number of carbonyl (C=O) groups excluding carboxylic acids is 1. The molecular formula is C20H24N4O4S. The quantitative estimate of drug-likeness (QED) is 0.401. The summed E-state index contributed by atoms with van der Waals surface area (Å²) in [5.41, 5.74) is 0.891. The van der Waals surface area contributed by atoms with Crippen LogP contribution in [0, 0.1) is 6.92 Å². The lowest BCUT2D eigenvalue weighted by Gasteiger charge is -2.09. The fraction of sp³-hybridized carbons (Fsp3) is 0.350. The second kappa shape index (κ2) is 10.0. The predicted octanol–water partition coefficient (Wildman–Crippen LogP) is 3.07. The number of nitrogens with one attached hydrogen (secondary N) is 1. The topological polar surface area (TPSA) is 91.4 Å². The van der Waals surface area contributed by atoms with E-state index in [-0.39, 0.29) is 11.7 Å². The molecule has 0 bridgehead atoms. The molecule has 3 rings (SSSR count). The van der Waals surface area contributed by atoms with E-state index >= 15 is 0 Å². The molecule has 29 heavy (non-hydrogen) atoms. The van der Waals surface area contributed by atoms with Gasteiger partial charge in [-0.15, -0.1) is 10.2 Å². The van der Waals surface area contributed by atoms with E-state index in [0.29, 0.717) is 30.7 Å². The SMILES string of the molecule is CCOc1ccc(OCCNC(=O)CSc2nnc(-c3ccoc3C)n2C)cc1. The van der Waals surface area contributed by atoms with Gasteiger partial charge in [0.2, 0.25) is 5.91 Å². The Bertz CT molecular complexity index is 936. The van der Waals surface area contributed by atoms with E-state index < -0.39 is 0 Å². The first kappa shape index (κ1) is 20.8. The van der Waals surface area contributed by atoms with Crippen LogP contribution in [0.4, 0.5) is 0 Å². The summed E-state index contributed by atoms with van der Waals surface area (Å²) in [5, 5.41) is 11.9. The lowest BCUT2D eigenvalue weighted by Crippen LogP contribution is -2.29. The van der Waals surface area contributed by atoms with Gasteiger partial charge < -0.3 is 23.8 Å². The van der Waals surface area contributed by atoms with Crippen molar-refractivity contribution in [1.82, 2.24) is 20.1 Å². The van der Waals surface area contributed by atoms with Gasteiger partial charge in [0, 0.05) is 7.05 Å². The molecule has 0 saturated heterocycles. The first-order chi connectivity index (χ1) is 14.1. The van der Waals surface area contributed by atoms with Crippen LogP contribution in [0.25, 0.3) is 11.4 Å². The van der Waals surface area contributed by atoms with Gasteiger partial charge >= 0.3 is 0 Å². The monoisotopic (exact) mass is 416 g/mol. The standard InChI is InChI=1S/C20H24N4O4S/c1-4-26-15-5-7-16(8-6-15)28-12-10-21-18(25)13-29-20-23-22-19(24(20)3)17-9-11-27-14(17)2/h5-9,11H,4,10,12-13H2,1-3H3,(H,21,25). The lowest BCUT2D eigenvalue weighted by atomic mass is 10.2. The Balaban J connectivity index is 1.39. The zero-order chi connectivity index (χ0) is 20.6. The summed E-state index contributed by atoms with van der Waals surface area (Å²) in [4.78, 5) is 12.1. The van der Waals surface area contributed by atoms with Gasteiger partial charge in [-0.25, -0.2) is 0 Å². The molecule has 1 N–H and O–H groups in total. The van der Waals surface area contributed by atoms with E-state index in [0.717, 1.165) is 22.8 Å². The van der Waals surface area contributed by atoms with Crippen molar-refractivity contribution in [2.75, 3.05) is 25.5 Å². The highest BCUT2D eigenvalue weighted by atomic mass is 32.2. The summed E-state index contributed by atoms with van der Waals surface area (Å²) >= 11 is 1.33. The summed E-state index contributed by atoms with van der Waals surface area (Å²) < 4.78 is 18.2. The third-order valence-corrected chi connectivity index (χ3v) is 5.11. The Morgan fingerprint density at radius 1 is 1.17 bits per heavy atom. The van der Waals surface area contributed by atoms with E-state index in [1.165, 1.54) is 11.8 Å². The number of amides is 1. The number of benzene rings is 1. The van der Waals surface area contributed by atoms with Crippen molar-refractivity contribution in [1.29, 1.82) is 0 Å². The first-order valence-corrected chi connectivity index (χ1v) is 10.3. The van der Waals surface area contributed by atoms with E-state index in [4.69, 9.17) is 13.9 Å². The second-order valence-corrected chi connectivity index (χ2v) is 7.09. The Kier molecular flexibility index (Phi) is 7.18. The summed E-state index contributed by atoms with van der Waals surface area (Å²) in [6, 6.07) is 9.25. The number of ether oxygens (including phenoxy) is 2. The van der Waals surface area contributed by atoms with Crippen molar-refractivity contribution < 1.29 is 18.7 Å². The maximum Gasteiger partial charge on any atom is 0.230 e. The van der Waals surface area contributed by atoms with Crippen molar-refractivity contribution in [3.8, 4) is 22.9 Å². The van der Waals surface area contributed by atoms with E-state index in [2.05, 4.69) is 15.5 Å². The highest BCUT2D eigenvalue weighted by Crippen LogP contribution is 2.25. The van der Waals surface area contributed by atoms with Crippen LogP contribution >= 0.6 is 11.8 Å². The first-order valence-electron chi connectivity index (χ1n) is 9.27. The minimum Gasteiger partial charge on any atom is -0.494 e. The average Bonchev–Trinajstić information content (AvgIpc) is 3.30. The molecule has 8 nitrogen and oxygen atoms in total. The minimum absolute atomic E-state index is 0.0886. The molecule has 2 heterocycles. The number of nitrogens with zero attached hydrogens (tertiary/aromatic N) is 3. The van der Waals surface area contributed by atoms with E-state index in [1.807, 2.05) is 55.8 Å². The highest BCUT2D eigenvalue weighted by molar-refractivity contribution is 7.99. The summed E-state index contributed by atoms with van der Waals surface area (Å²) in [6.07, 6.45) is 1.62. The summed E-state index contributed by atoms with van der Waals surface area (Å²) in [6.45, 7) is 5.25. The molecule has 1 amide bonds. The van der Waals surface area contributed by atoms with Crippen LogP contribution in [-0.2, 0) is 11.8 Å². The smallest absolute Gasteiger partial charge is 0.230 e. The van der Waals surface area contributed by atoms with Crippen molar-refractivity contribution >= 4 is 17.7 Å². The van der Waals surface area contributed by atoms with Crippen molar-refractivity contribution in [2.45, 2.75) is 19.0 Å². The molecule has 0 unspecified atom stereocenters. The predicted molar refractivity (Wildman–Crippen MR) is 110 cm³/mol. The molecule has 2 aromatic heterocycles. The van der Waals surface area contributed by atoms with Gasteiger partial charge in [-0.2, -0.15) is 0 Å². The molecule has 3 aromatic rings. The highest BCUT2D eigenvalue weighted by Gasteiger charge is 2.15. The number of aryl methyl sites for hydroxylation is 1. The van der Waals surface area contributed by atoms with Gasteiger partial charge in [-0.05, 0) is 44.2 Å². The molecule has 0 aliphatic heterocycles. The van der Waals surface area contributed by atoms with Crippen LogP contribution < -0.4 is 14.8 Å². The molecule has 0 radical (unpaired) electrons. The molecule has 1 aromatic carbocycles. The molecule has 0 aliphatic carbocycles. The normalized spacial score (nSPS) is 10.7. The van der Waals surface area contributed by atoms with Crippen LogP contribution in [0.3, 0.4) is 0 Å². The van der Waals surface area contributed by atoms with E-state index in [9.17, 15) is 4.79 Å². The van der Waals surface area contributed by atoms with Crippen LogP contribution in [0.15, 0.2) is 46.2 Å². The molecule has 0 atom stereocenters. The van der Waals surface area contributed by atoms with E-state index in [1.54, 1.807) is 6.26 Å². The molecular weight excluding hydrogens is 392 g/mol. The largest absolute Gasteiger partial charge is 0.494 e. The van der Waals surface area contributed by atoms with Crippen LogP contribution in [0.1, 0.15) is 12.7 Å². The van der Waals surface area contributed by atoms with Crippen LogP contribution in [-0.4, -0.2) is 46.2 Å². The van der Waals surface area contributed by atoms with Crippen molar-refractivity contribution in [3.63, 3.8) is 0 Å². The second-order valence-electron chi connectivity index (χ2n) is 6.15. The van der Waals surface area contributed by atoms with Gasteiger partial charge in [0.15, 0.2) is 11.0 Å². The Morgan fingerprint density at radius 3 is 2.55 bits per heavy atom. The fourth-order valence-corrected chi connectivity index (χ4v) is 3.37. The zero-order valence-electron chi connectivity index (χ0n) is 16.7. The third-order valence-electron chi connectivity index (χ3n) is 4.09. The maximum atomic E-state index is 12.1. The Morgan fingerprint density at radius 2 is 1.90 bits per heavy atom. The Hall–Kier alpha value is -2.94. The fourth-order valence-electron chi connectivity index (χ4n) is 2.63. The molecule has 0 aliphatic rings. The Labute approximate surface area is 173 Å². The number of thioether (sulfide) groups is 1. The van der Waals surface area contributed by atoms with Gasteiger partial charge in [-0.1, -0.05) is 11.8 Å². The molecule has 0 saturated carbocycles. The molecule has 154 valence electrons. The number of hydrogen-bond acceptors (Lipinski definition) is 7. The molecule has 0 fully saturated rings. The minimum atomic E-state index is -0.0886. The number of furan rings is 1. The molecule has 9 heteroatoms.